The van der Waals surface area contributed by atoms with Gasteiger partial charge in [0, 0.05) is 51.2 Å². The predicted molar refractivity (Wildman–Crippen MR) is 105 cm³/mol. The molecule has 1 fully saturated rings. The number of nitrogens with zero attached hydrogens (tertiary/aromatic N) is 4. The van der Waals surface area contributed by atoms with E-state index >= 15 is 0 Å². The van der Waals surface area contributed by atoms with E-state index in [-0.39, 0.29) is 18.3 Å². The molecule has 0 unspecified atom stereocenters. The zero-order valence-electron chi connectivity index (χ0n) is 16.0. The third kappa shape index (κ3) is 4.05. The molecule has 148 valence electrons. The molecule has 1 amide bonds. The van der Waals surface area contributed by atoms with Crippen molar-refractivity contribution < 1.29 is 19.0 Å². The molecule has 1 aromatic carbocycles. The number of aryl methyl sites for hydroxylation is 1. The van der Waals surface area contributed by atoms with Gasteiger partial charge in [0.2, 0.25) is 11.7 Å². The highest BCUT2D eigenvalue weighted by atomic mass is 35.5. The molecule has 1 aromatic heterocycles. The molecule has 0 aliphatic carbocycles. The lowest BCUT2D eigenvalue weighted by Crippen LogP contribution is -2.49. The Balaban J connectivity index is 0.00000261. The Morgan fingerprint density at radius 2 is 1.59 bits per heavy atom. The molecule has 3 rings (SSSR count). The summed E-state index contributed by atoms with van der Waals surface area (Å²) in [6.45, 7) is 2.73. The number of ether oxygens (including phenoxy) is 3. The summed E-state index contributed by atoms with van der Waals surface area (Å²) in [5, 5.41) is 0. The minimum Gasteiger partial charge on any atom is -0.493 e. The van der Waals surface area contributed by atoms with E-state index in [1.807, 2.05) is 22.7 Å². The molecular formula is C18H25ClN4O4. The Morgan fingerprint density at radius 1 is 1.00 bits per heavy atom. The maximum absolute atomic E-state index is 12.9. The number of anilines is 1. The van der Waals surface area contributed by atoms with E-state index < -0.39 is 0 Å². The average Bonchev–Trinajstić information content (AvgIpc) is 3.12. The van der Waals surface area contributed by atoms with E-state index in [0.717, 1.165) is 19.0 Å². The highest BCUT2D eigenvalue weighted by Gasteiger charge is 2.25. The smallest absolute Gasteiger partial charge is 0.254 e. The minimum absolute atomic E-state index is 0. The maximum atomic E-state index is 12.9. The number of carbonyl (C=O) groups excluding carboxylic acids is 1. The van der Waals surface area contributed by atoms with E-state index in [2.05, 4.69) is 9.88 Å². The van der Waals surface area contributed by atoms with Crippen LogP contribution in [0.25, 0.3) is 0 Å². The number of halogens is 1. The first-order valence-electron chi connectivity index (χ1n) is 8.40. The van der Waals surface area contributed by atoms with Crippen LogP contribution in [0.2, 0.25) is 0 Å². The molecule has 0 saturated carbocycles. The van der Waals surface area contributed by atoms with Crippen molar-refractivity contribution in [1.29, 1.82) is 0 Å². The summed E-state index contributed by atoms with van der Waals surface area (Å²) >= 11 is 0. The lowest BCUT2D eigenvalue weighted by molar-refractivity contribution is 0.0745. The summed E-state index contributed by atoms with van der Waals surface area (Å²) in [5.41, 5.74) is 0.518. The van der Waals surface area contributed by atoms with Crippen molar-refractivity contribution in [2.45, 2.75) is 0 Å². The van der Waals surface area contributed by atoms with Gasteiger partial charge in [0.25, 0.3) is 5.91 Å². The molecule has 9 heteroatoms. The second kappa shape index (κ2) is 8.85. The number of hydrogen-bond acceptors (Lipinski definition) is 6. The van der Waals surface area contributed by atoms with Crippen LogP contribution in [0.3, 0.4) is 0 Å². The number of amides is 1. The number of benzene rings is 1. The van der Waals surface area contributed by atoms with Crippen LogP contribution in [0.1, 0.15) is 10.4 Å². The molecule has 2 heterocycles. The van der Waals surface area contributed by atoms with Gasteiger partial charge < -0.3 is 28.6 Å². The van der Waals surface area contributed by atoms with Gasteiger partial charge >= 0.3 is 0 Å². The predicted octanol–water partition coefficient (Wildman–Crippen LogP) is 1.83. The lowest BCUT2D eigenvalue weighted by atomic mass is 10.1. The molecular weight excluding hydrogens is 372 g/mol. The molecule has 1 aliphatic rings. The highest BCUT2D eigenvalue weighted by molar-refractivity contribution is 5.95. The van der Waals surface area contributed by atoms with Gasteiger partial charge in [0.15, 0.2) is 11.5 Å². The van der Waals surface area contributed by atoms with Crippen molar-refractivity contribution in [2.75, 3.05) is 52.4 Å². The van der Waals surface area contributed by atoms with Gasteiger partial charge in [-0.15, -0.1) is 12.4 Å². The Bertz CT molecular complexity index is 762. The second-order valence-corrected chi connectivity index (χ2v) is 6.03. The number of carbonyl (C=O) groups is 1. The van der Waals surface area contributed by atoms with Gasteiger partial charge in [-0.2, -0.15) is 0 Å². The summed E-state index contributed by atoms with van der Waals surface area (Å²) in [7, 11) is 6.59. The van der Waals surface area contributed by atoms with Gasteiger partial charge in [0.05, 0.1) is 21.3 Å². The topological polar surface area (TPSA) is 69.1 Å². The third-order valence-corrected chi connectivity index (χ3v) is 4.56. The number of methoxy groups -OCH3 is 3. The largest absolute Gasteiger partial charge is 0.493 e. The van der Waals surface area contributed by atoms with Crippen molar-refractivity contribution in [2.24, 2.45) is 7.05 Å². The number of hydrogen-bond donors (Lipinski definition) is 0. The van der Waals surface area contributed by atoms with Gasteiger partial charge in [-0.05, 0) is 12.1 Å². The van der Waals surface area contributed by atoms with Crippen LogP contribution >= 0.6 is 12.4 Å². The third-order valence-electron chi connectivity index (χ3n) is 4.56. The second-order valence-electron chi connectivity index (χ2n) is 6.03. The summed E-state index contributed by atoms with van der Waals surface area (Å²) in [4.78, 5) is 21.3. The van der Waals surface area contributed by atoms with E-state index in [4.69, 9.17) is 14.2 Å². The number of piperazine rings is 1. The van der Waals surface area contributed by atoms with E-state index in [1.54, 1.807) is 25.4 Å². The Hall–Kier alpha value is -2.61. The van der Waals surface area contributed by atoms with Crippen LogP contribution in [-0.2, 0) is 7.05 Å². The zero-order chi connectivity index (χ0) is 18.7. The van der Waals surface area contributed by atoms with Gasteiger partial charge in [-0.3, -0.25) is 4.79 Å². The molecule has 0 atom stereocenters. The van der Waals surface area contributed by atoms with E-state index in [9.17, 15) is 4.79 Å². The summed E-state index contributed by atoms with van der Waals surface area (Å²) in [6, 6.07) is 3.38. The van der Waals surface area contributed by atoms with Crippen molar-refractivity contribution in [3.63, 3.8) is 0 Å². The Kier molecular flexibility index (Phi) is 6.79. The van der Waals surface area contributed by atoms with Crippen molar-refractivity contribution >= 4 is 24.3 Å². The average molecular weight is 397 g/mol. The molecule has 0 bridgehead atoms. The monoisotopic (exact) mass is 396 g/mol. The standard InChI is InChI=1S/C18H24N4O4.ClH/c1-20-6-5-19-18(20)22-9-7-21(8-10-22)17(23)13-11-14(24-2)16(26-4)15(12-13)25-3;/h5-6,11-12H,7-10H2,1-4H3;1H. The maximum Gasteiger partial charge on any atom is 0.254 e. The van der Waals surface area contributed by atoms with Crippen molar-refractivity contribution in [1.82, 2.24) is 14.5 Å². The van der Waals surface area contributed by atoms with E-state index in [1.165, 1.54) is 14.2 Å². The fraction of sp³-hybridized carbons (Fsp3) is 0.444. The molecule has 1 saturated heterocycles. The normalized spacial score (nSPS) is 13.8. The van der Waals surface area contributed by atoms with Gasteiger partial charge in [0.1, 0.15) is 0 Å². The summed E-state index contributed by atoms with van der Waals surface area (Å²) < 4.78 is 18.0. The van der Waals surface area contributed by atoms with Crippen LogP contribution in [0, 0.1) is 0 Å². The SMILES string of the molecule is COc1cc(C(=O)N2CCN(c3nccn3C)CC2)cc(OC)c1OC.Cl. The molecule has 0 radical (unpaired) electrons. The Morgan fingerprint density at radius 3 is 2.04 bits per heavy atom. The number of aromatic nitrogens is 2. The molecule has 27 heavy (non-hydrogen) atoms. The molecule has 1 aliphatic heterocycles. The van der Waals surface area contributed by atoms with Crippen LogP contribution in [-0.4, -0.2) is 67.9 Å². The molecule has 0 N–H and O–H groups in total. The summed E-state index contributed by atoms with van der Waals surface area (Å²) in [6.07, 6.45) is 3.70. The van der Waals surface area contributed by atoms with Crippen LogP contribution in [0.4, 0.5) is 5.95 Å². The molecule has 0 spiro atoms. The Labute approximate surface area is 165 Å². The van der Waals surface area contributed by atoms with Crippen LogP contribution in [0.15, 0.2) is 24.5 Å². The quantitative estimate of drug-likeness (QED) is 0.768. The lowest BCUT2D eigenvalue weighted by Gasteiger charge is -2.35. The zero-order valence-corrected chi connectivity index (χ0v) is 16.8. The first kappa shape index (κ1) is 20.7. The molecule has 8 nitrogen and oxygen atoms in total. The van der Waals surface area contributed by atoms with Crippen LogP contribution < -0.4 is 19.1 Å². The van der Waals surface area contributed by atoms with Crippen molar-refractivity contribution in [3.05, 3.63) is 30.1 Å². The summed E-state index contributed by atoms with van der Waals surface area (Å²) in [5.74, 6) is 2.29. The number of imidazole rings is 1. The molecule has 2 aromatic rings. The minimum atomic E-state index is -0.0521. The van der Waals surface area contributed by atoms with E-state index in [0.29, 0.717) is 35.9 Å². The first-order valence-corrected chi connectivity index (χ1v) is 8.40. The fourth-order valence-corrected chi connectivity index (χ4v) is 3.16. The van der Waals surface area contributed by atoms with Gasteiger partial charge in [-0.25, -0.2) is 4.98 Å². The van der Waals surface area contributed by atoms with Gasteiger partial charge in [-0.1, -0.05) is 0 Å². The first-order chi connectivity index (χ1) is 12.6. The highest BCUT2D eigenvalue weighted by Crippen LogP contribution is 2.38. The van der Waals surface area contributed by atoms with Crippen LogP contribution in [0.5, 0.6) is 17.2 Å². The fourth-order valence-electron chi connectivity index (χ4n) is 3.16. The number of rotatable bonds is 5. The van der Waals surface area contributed by atoms with Crippen molar-refractivity contribution in [3.8, 4) is 17.2 Å².